The lowest BCUT2D eigenvalue weighted by Crippen LogP contribution is -2.32. The molecule has 1 heterocycles. The van der Waals surface area contributed by atoms with Crippen LogP contribution in [-0.4, -0.2) is 24.3 Å². The minimum atomic E-state index is -0.232. The molecule has 56 valence electrons. The molecule has 0 aromatic heterocycles. The molecule has 1 saturated carbocycles. The van der Waals surface area contributed by atoms with Crippen LogP contribution in [0.15, 0.2) is 11.6 Å². The number of hydrogen-bond donors (Lipinski definition) is 2. The highest BCUT2D eigenvalue weighted by molar-refractivity contribution is 5.18. The van der Waals surface area contributed by atoms with Gasteiger partial charge in [0.25, 0.3) is 0 Å². The number of aliphatic hydroxyl groups excluding tert-OH is 1. The Labute approximate surface area is 60.9 Å². The standard InChI is InChI=1S/C8H13NO/c10-8-3-7(4-9-5-8)6-1-2-6/h3,6,8-10H,1-2,4-5H2. The molecular weight excluding hydrogens is 126 g/mol. The summed E-state index contributed by atoms with van der Waals surface area (Å²) in [6.07, 6.45) is 4.46. The van der Waals surface area contributed by atoms with Crippen molar-refractivity contribution in [2.75, 3.05) is 13.1 Å². The van der Waals surface area contributed by atoms with E-state index in [-0.39, 0.29) is 6.10 Å². The topological polar surface area (TPSA) is 32.3 Å². The summed E-state index contributed by atoms with van der Waals surface area (Å²) in [6.45, 7) is 1.73. The molecule has 2 aliphatic rings. The lowest BCUT2D eigenvalue weighted by atomic mass is 10.1. The van der Waals surface area contributed by atoms with E-state index in [1.165, 1.54) is 18.4 Å². The van der Waals surface area contributed by atoms with Gasteiger partial charge in [-0.1, -0.05) is 11.6 Å². The number of rotatable bonds is 1. The first kappa shape index (κ1) is 6.38. The smallest absolute Gasteiger partial charge is 0.0848 e. The molecule has 0 aromatic rings. The van der Waals surface area contributed by atoms with Crippen molar-refractivity contribution in [1.29, 1.82) is 0 Å². The molecule has 2 heteroatoms. The van der Waals surface area contributed by atoms with Crippen LogP contribution in [0.1, 0.15) is 12.8 Å². The van der Waals surface area contributed by atoms with E-state index in [1.807, 2.05) is 6.08 Å². The summed E-state index contributed by atoms with van der Waals surface area (Å²) in [6, 6.07) is 0. The third-order valence-electron chi connectivity index (χ3n) is 2.19. The quantitative estimate of drug-likeness (QED) is 0.512. The molecule has 1 atom stereocenters. The largest absolute Gasteiger partial charge is 0.388 e. The second-order valence-corrected chi connectivity index (χ2v) is 3.21. The summed E-state index contributed by atoms with van der Waals surface area (Å²) < 4.78 is 0. The van der Waals surface area contributed by atoms with Gasteiger partial charge in [-0.25, -0.2) is 0 Å². The van der Waals surface area contributed by atoms with E-state index in [0.717, 1.165) is 19.0 Å². The zero-order valence-electron chi connectivity index (χ0n) is 6.01. The molecule has 2 N–H and O–H groups in total. The molecule has 2 rings (SSSR count). The molecule has 0 radical (unpaired) electrons. The maximum atomic E-state index is 9.22. The Kier molecular flexibility index (Phi) is 1.51. The molecule has 1 aliphatic heterocycles. The van der Waals surface area contributed by atoms with Crippen LogP contribution in [0.2, 0.25) is 0 Å². The first-order chi connectivity index (χ1) is 4.86. The zero-order valence-corrected chi connectivity index (χ0v) is 6.01. The minimum absolute atomic E-state index is 0.232. The Balaban J connectivity index is 2.03. The van der Waals surface area contributed by atoms with Gasteiger partial charge in [0.1, 0.15) is 0 Å². The molecule has 0 aromatic carbocycles. The molecule has 0 spiro atoms. The summed E-state index contributed by atoms with van der Waals surface area (Å²) in [5.41, 5.74) is 1.43. The lowest BCUT2D eigenvalue weighted by Gasteiger charge is -2.17. The van der Waals surface area contributed by atoms with E-state index >= 15 is 0 Å². The Hall–Kier alpha value is -0.340. The Morgan fingerprint density at radius 3 is 2.90 bits per heavy atom. The third kappa shape index (κ3) is 1.22. The Morgan fingerprint density at radius 1 is 1.50 bits per heavy atom. The second kappa shape index (κ2) is 2.36. The van der Waals surface area contributed by atoms with Crippen molar-refractivity contribution >= 4 is 0 Å². The van der Waals surface area contributed by atoms with Crippen LogP contribution in [-0.2, 0) is 0 Å². The van der Waals surface area contributed by atoms with Crippen molar-refractivity contribution in [3.63, 3.8) is 0 Å². The van der Waals surface area contributed by atoms with Gasteiger partial charge in [0.15, 0.2) is 0 Å². The van der Waals surface area contributed by atoms with Gasteiger partial charge in [0.2, 0.25) is 0 Å². The fraction of sp³-hybridized carbons (Fsp3) is 0.750. The summed E-state index contributed by atoms with van der Waals surface area (Å²) in [5.74, 6) is 0.808. The van der Waals surface area contributed by atoms with E-state index in [2.05, 4.69) is 5.32 Å². The average molecular weight is 139 g/mol. The summed E-state index contributed by atoms with van der Waals surface area (Å²) in [4.78, 5) is 0. The zero-order chi connectivity index (χ0) is 6.97. The molecule has 0 bridgehead atoms. The van der Waals surface area contributed by atoms with Gasteiger partial charge in [-0.05, 0) is 18.8 Å². The molecule has 1 aliphatic carbocycles. The second-order valence-electron chi connectivity index (χ2n) is 3.21. The third-order valence-corrected chi connectivity index (χ3v) is 2.19. The van der Waals surface area contributed by atoms with E-state index in [1.54, 1.807) is 0 Å². The lowest BCUT2D eigenvalue weighted by molar-refractivity contribution is 0.212. The normalized spacial score (nSPS) is 33.7. The number of aliphatic hydroxyl groups is 1. The minimum Gasteiger partial charge on any atom is -0.388 e. The van der Waals surface area contributed by atoms with Gasteiger partial charge in [-0.15, -0.1) is 0 Å². The highest BCUT2D eigenvalue weighted by Crippen LogP contribution is 2.36. The van der Waals surface area contributed by atoms with Gasteiger partial charge in [0, 0.05) is 13.1 Å². The van der Waals surface area contributed by atoms with Crippen LogP contribution in [0.4, 0.5) is 0 Å². The van der Waals surface area contributed by atoms with Crippen LogP contribution in [0.3, 0.4) is 0 Å². The van der Waals surface area contributed by atoms with Gasteiger partial charge in [-0.2, -0.15) is 0 Å². The highest BCUT2D eigenvalue weighted by Gasteiger charge is 2.27. The molecule has 10 heavy (non-hydrogen) atoms. The first-order valence-corrected chi connectivity index (χ1v) is 3.95. The van der Waals surface area contributed by atoms with Gasteiger partial charge < -0.3 is 10.4 Å². The maximum absolute atomic E-state index is 9.22. The van der Waals surface area contributed by atoms with Gasteiger partial charge in [0.05, 0.1) is 6.10 Å². The van der Waals surface area contributed by atoms with Crippen molar-refractivity contribution in [2.24, 2.45) is 5.92 Å². The molecular formula is C8H13NO. The average Bonchev–Trinajstić information content (AvgIpc) is 2.68. The maximum Gasteiger partial charge on any atom is 0.0848 e. The fourth-order valence-electron chi connectivity index (χ4n) is 1.46. The van der Waals surface area contributed by atoms with Gasteiger partial charge in [-0.3, -0.25) is 0 Å². The van der Waals surface area contributed by atoms with Crippen LogP contribution < -0.4 is 5.32 Å². The predicted molar refractivity (Wildman–Crippen MR) is 39.7 cm³/mol. The monoisotopic (exact) mass is 139 g/mol. The highest BCUT2D eigenvalue weighted by atomic mass is 16.3. The van der Waals surface area contributed by atoms with E-state index < -0.39 is 0 Å². The number of hydrogen-bond acceptors (Lipinski definition) is 2. The molecule has 1 fully saturated rings. The number of nitrogens with one attached hydrogen (secondary N) is 1. The van der Waals surface area contributed by atoms with E-state index in [9.17, 15) is 5.11 Å². The Bertz CT molecular complexity index is 161. The van der Waals surface area contributed by atoms with Crippen LogP contribution in [0, 0.1) is 5.92 Å². The molecule has 1 unspecified atom stereocenters. The summed E-state index contributed by atoms with van der Waals surface area (Å²) in [7, 11) is 0. The molecule has 0 saturated heterocycles. The SMILES string of the molecule is OC1C=C(C2CC2)CNC1. The molecule has 0 amide bonds. The van der Waals surface area contributed by atoms with Gasteiger partial charge >= 0.3 is 0 Å². The van der Waals surface area contributed by atoms with Crippen molar-refractivity contribution in [1.82, 2.24) is 5.32 Å². The van der Waals surface area contributed by atoms with Crippen LogP contribution in [0.5, 0.6) is 0 Å². The van der Waals surface area contributed by atoms with E-state index in [0.29, 0.717) is 0 Å². The van der Waals surface area contributed by atoms with Crippen molar-refractivity contribution in [2.45, 2.75) is 18.9 Å². The van der Waals surface area contributed by atoms with Crippen LogP contribution >= 0.6 is 0 Å². The predicted octanol–water partition coefficient (Wildman–Crippen LogP) is 0.287. The van der Waals surface area contributed by atoms with Crippen LogP contribution in [0.25, 0.3) is 0 Å². The van der Waals surface area contributed by atoms with Crippen molar-refractivity contribution in [3.05, 3.63) is 11.6 Å². The van der Waals surface area contributed by atoms with E-state index in [4.69, 9.17) is 0 Å². The molecule has 2 nitrogen and oxygen atoms in total. The summed E-state index contributed by atoms with van der Waals surface area (Å²) in [5, 5.41) is 12.4. The fourth-order valence-corrected chi connectivity index (χ4v) is 1.46. The van der Waals surface area contributed by atoms with Crippen molar-refractivity contribution < 1.29 is 5.11 Å². The van der Waals surface area contributed by atoms with Crippen molar-refractivity contribution in [3.8, 4) is 0 Å². The first-order valence-electron chi connectivity index (χ1n) is 3.95. The number of β-amino-alcohol motifs (C(OH)–C–C–N with tert-alkyl or cyclic N) is 1. The Morgan fingerprint density at radius 2 is 2.30 bits per heavy atom. The summed E-state index contributed by atoms with van der Waals surface area (Å²) >= 11 is 0.